The van der Waals surface area contributed by atoms with Crippen LogP contribution >= 0.6 is 0 Å². The first-order chi connectivity index (χ1) is 18.9. The van der Waals surface area contributed by atoms with Crippen LogP contribution in [-0.2, 0) is 16.4 Å². The predicted octanol–water partition coefficient (Wildman–Crippen LogP) is 4.85. The van der Waals surface area contributed by atoms with Gasteiger partial charge >= 0.3 is 6.03 Å². The van der Waals surface area contributed by atoms with Crippen molar-refractivity contribution in [3.8, 4) is 0 Å². The standard InChI is InChI=1S/C29H39F2N5O3S/c1-29(2,3)26(36(13-7-12-32)28(37)34-14-16-40(38,39)17-15-34)27-33-25(23-18-22(30)10-11-24(23)31)20-35(27)19-21-8-5-4-6-9-21/h4-6,8-9,18,20,26H,7,10-17,19,32H2,1-3H3/t26-/m0/s1. The molecule has 2 heterocycles. The monoisotopic (exact) mass is 575 g/mol. The molecule has 1 aromatic carbocycles. The van der Waals surface area contributed by atoms with Gasteiger partial charge < -0.3 is 20.1 Å². The molecular formula is C29H39F2N5O3S. The van der Waals surface area contributed by atoms with Crippen LogP contribution in [0.2, 0.25) is 0 Å². The Morgan fingerprint density at radius 2 is 1.80 bits per heavy atom. The molecule has 11 heteroatoms. The second kappa shape index (κ2) is 12.2. The van der Waals surface area contributed by atoms with Gasteiger partial charge in [-0.05, 0) is 30.0 Å². The maximum Gasteiger partial charge on any atom is 0.320 e. The van der Waals surface area contributed by atoms with Gasteiger partial charge in [-0.2, -0.15) is 0 Å². The number of hydrogen-bond acceptors (Lipinski definition) is 5. The number of hydrogen-bond donors (Lipinski definition) is 1. The van der Waals surface area contributed by atoms with E-state index in [4.69, 9.17) is 10.7 Å². The van der Waals surface area contributed by atoms with Gasteiger partial charge in [-0.25, -0.2) is 27.0 Å². The highest BCUT2D eigenvalue weighted by Gasteiger charge is 2.40. The van der Waals surface area contributed by atoms with Crippen molar-refractivity contribution in [1.82, 2.24) is 19.4 Å². The average molecular weight is 576 g/mol. The number of aromatic nitrogens is 2. The second-order valence-corrected chi connectivity index (χ2v) is 13.8. The van der Waals surface area contributed by atoms with Crippen molar-refractivity contribution >= 4 is 21.4 Å². The van der Waals surface area contributed by atoms with E-state index in [0.29, 0.717) is 37.6 Å². The van der Waals surface area contributed by atoms with Crippen molar-refractivity contribution in [2.45, 2.75) is 52.6 Å². The summed E-state index contributed by atoms with van der Waals surface area (Å²) in [5, 5.41) is 0. The smallest absolute Gasteiger partial charge is 0.320 e. The Kier molecular flexibility index (Phi) is 9.14. The fourth-order valence-corrected chi connectivity index (χ4v) is 6.45. The van der Waals surface area contributed by atoms with Crippen LogP contribution in [0.3, 0.4) is 0 Å². The number of sulfone groups is 1. The van der Waals surface area contributed by atoms with Crippen LogP contribution in [-0.4, -0.2) is 71.5 Å². The molecule has 1 fully saturated rings. The Morgan fingerprint density at radius 3 is 2.42 bits per heavy atom. The number of imidazole rings is 1. The molecule has 2 aromatic rings. The number of allylic oxidation sites excluding steroid dienone is 4. The summed E-state index contributed by atoms with van der Waals surface area (Å²) in [6.45, 7) is 7.34. The SMILES string of the molecule is CC(C)(C)[C@H](c1nc(C2=C(F)CCC(F)=C2)cn1Cc1ccccc1)N(CCCN)C(=O)N1CCS(=O)(=O)CC1. The van der Waals surface area contributed by atoms with E-state index in [9.17, 15) is 22.0 Å². The highest BCUT2D eigenvalue weighted by molar-refractivity contribution is 7.91. The molecule has 218 valence electrons. The Bertz CT molecular complexity index is 1370. The minimum Gasteiger partial charge on any atom is -0.330 e. The number of carbonyl (C=O) groups excluding carboxylic acids is 1. The van der Waals surface area contributed by atoms with Gasteiger partial charge in [-0.1, -0.05) is 51.1 Å². The summed E-state index contributed by atoms with van der Waals surface area (Å²) >= 11 is 0. The van der Waals surface area contributed by atoms with Crippen molar-refractivity contribution in [1.29, 1.82) is 0 Å². The second-order valence-electron chi connectivity index (χ2n) is 11.5. The van der Waals surface area contributed by atoms with E-state index in [1.807, 2.05) is 55.7 Å². The first-order valence-electron chi connectivity index (χ1n) is 13.7. The number of urea groups is 1. The minimum atomic E-state index is -3.18. The number of halogens is 2. The molecule has 0 spiro atoms. The molecule has 2 aliphatic rings. The molecule has 0 unspecified atom stereocenters. The van der Waals surface area contributed by atoms with Crippen molar-refractivity contribution in [3.63, 3.8) is 0 Å². The number of nitrogens with two attached hydrogens (primary N) is 1. The van der Waals surface area contributed by atoms with Gasteiger partial charge in [-0.15, -0.1) is 0 Å². The third-order valence-corrected chi connectivity index (χ3v) is 8.91. The molecule has 40 heavy (non-hydrogen) atoms. The molecule has 0 saturated carbocycles. The zero-order valence-corrected chi connectivity index (χ0v) is 24.3. The Labute approximate surface area is 235 Å². The molecule has 1 aliphatic carbocycles. The lowest BCUT2D eigenvalue weighted by Crippen LogP contribution is -2.53. The summed E-state index contributed by atoms with van der Waals surface area (Å²) in [7, 11) is -3.18. The van der Waals surface area contributed by atoms with E-state index in [1.54, 1.807) is 16.0 Å². The van der Waals surface area contributed by atoms with E-state index in [-0.39, 0.29) is 49.0 Å². The van der Waals surface area contributed by atoms with Crippen molar-refractivity contribution in [2.24, 2.45) is 11.1 Å². The fraction of sp³-hybridized carbons (Fsp3) is 0.517. The highest BCUT2D eigenvalue weighted by atomic mass is 32.2. The normalized spacial score (nSPS) is 18.4. The number of rotatable bonds is 8. The van der Waals surface area contributed by atoms with Gasteiger partial charge in [-0.3, -0.25) is 0 Å². The van der Waals surface area contributed by atoms with E-state index in [2.05, 4.69) is 0 Å². The summed E-state index contributed by atoms with van der Waals surface area (Å²) in [4.78, 5) is 22.2. The summed E-state index contributed by atoms with van der Waals surface area (Å²) < 4.78 is 55.2. The Morgan fingerprint density at radius 1 is 1.12 bits per heavy atom. The molecule has 1 atom stereocenters. The van der Waals surface area contributed by atoms with Crippen LogP contribution in [0.25, 0.3) is 5.57 Å². The van der Waals surface area contributed by atoms with Gasteiger partial charge in [0, 0.05) is 50.8 Å². The molecule has 1 aromatic heterocycles. The third kappa shape index (κ3) is 6.98. The van der Waals surface area contributed by atoms with Crippen LogP contribution in [0.5, 0.6) is 0 Å². The molecule has 2 N–H and O–H groups in total. The lowest BCUT2D eigenvalue weighted by molar-refractivity contribution is 0.0848. The average Bonchev–Trinajstić information content (AvgIpc) is 3.29. The lowest BCUT2D eigenvalue weighted by atomic mass is 9.84. The lowest BCUT2D eigenvalue weighted by Gasteiger charge is -2.42. The van der Waals surface area contributed by atoms with Crippen LogP contribution in [0.1, 0.15) is 63.2 Å². The van der Waals surface area contributed by atoms with Crippen molar-refractivity contribution in [2.75, 3.05) is 37.7 Å². The largest absolute Gasteiger partial charge is 0.330 e. The van der Waals surface area contributed by atoms with Crippen molar-refractivity contribution < 1.29 is 22.0 Å². The van der Waals surface area contributed by atoms with E-state index >= 15 is 0 Å². The topological polar surface area (TPSA) is 102 Å². The maximum absolute atomic E-state index is 15.0. The highest BCUT2D eigenvalue weighted by Crippen LogP contribution is 2.40. The predicted molar refractivity (Wildman–Crippen MR) is 152 cm³/mol. The molecule has 8 nitrogen and oxygen atoms in total. The zero-order chi connectivity index (χ0) is 29.1. The summed E-state index contributed by atoms with van der Waals surface area (Å²) in [5.41, 5.74) is 6.75. The molecule has 4 rings (SSSR count). The molecule has 1 saturated heterocycles. The van der Waals surface area contributed by atoms with Gasteiger partial charge in [0.15, 0.2) is 9.84 Å². The summed E-state index contributed by atoms with van der Waals surface area (Å²) in [5.74, 6) is -0.442. The first kappa shape index (κ1) is 29.9. The van der Waals surface area contributed by atoms with E-state index < -0.39 is 32.9 Å². The summed E-state index contributed by atoms with van der Waals surface area (Å²) in [6.07, 6.45) is 3.45. The summed E-state index contributed by atoms with van der Waals surface area (Å²) in [6, 6.07) is 8.87. The van der Waals surface area contributed by atoms with Gasteiger partial charge in [0.25, 0.3) is 0 Å². The quantitative estimate of drug-likeness (QED) is 0.485. The van der Waals surface area contributed by atoms with Gasteiger partial charge in [0.05, 0.1) is 23.2 Å². The molecule has 0 bridgehead atoms. The van der Waals surface area contributed by atoms with Crippen molar-refractivity contribution in [3.05, 3.63) is 71.3 Å². The Hall–Kier alpha value is -3.05. The number of amides is 2. The molecule has 0 radical (unpaired) electrons. The molecule has 1 aliphatic heterocycles. The number of nitrogens with zero attached hydrogens (tertiary/aromatic N) is 4. The zero-order valence-electron chi connectivity index (χ0n) is 23.4. The molecular weight excluding hydrogens is 536 g/mol. The first-order valence-corrected chi connectivity index (χ1v) is 15.5. The fourth-order valence-electron chi connectivity index (χ4n) is 5.25. The molecule has 2 amide bonds. The van der Waals surface area contributed by atoms with E-state index in [0.717, 1.165) is 5.56 Å². The number of carbonyl (C=O) groups is 1. The minimum absolute atomic E-state index is 0.0183. The third-order valence-electron chi connectivity index (χ3n) is 7.30. The van der Waals surface area contributed by atoms with Gasteiger partial charge in [0.2, 0.25) is 0 Å². The van der Waals surface area contributed by atoms with Crippen LogP contribution < -0.4 is 5.73 Å². The van der Waals surface area contributed by atoms with E-state index in [1.165, 1.54) is 6.08 Å². The maximum atomic E-state index is 15.0. The van der Waals surface area contributed by atoms with Gasteiger partial charge in [0.1, 0.15) is 17.5 Å². The van der Waals surface area contributed by atoms with Crippen LogP contribution in [0.15, 0.2) is 54.3 Å². The Balaban J connectivity index is 1.82. The number of benzene rings is 1. The van der Waals surface area contributed by atoms with Crippen LogP contribution in [0.4, 0.5) is 13.6 Å². The van der Waals surface area contributed by atoms with Crippen LogP contribution in [0, 0.1) is 5.41 Å².